The predicted octanol–water partition coefficient (Wildman–Crippen LogP) is -1.48. The Hall–Kier alpha value is -0.450. The van der Waals surface area contributed by atoms with Gasteiger partial charge in [-0.05, 0) is 6.92 Å². The van der Waals surface area contributed by atoms with E-state index in [9.17, 15) is 4.79 Å². The smallest absolute Gasteiger partial charge is 0.149 e. The summed E-state index contributed by atoms with van der Waals surface area (Å²) >= 11 is 0. The number of ketones is 1. The molecular formula is C6H13NO3. The van der Waals surface area contributed by atoms with Crippen LogP contribution in [-0.2, 0) is 4.79 Å². The summed E-state index contributed by atoms with van der Waals surface area (Å²) in [4.78, 5) is 10.6. The van der Waals surface area contributed by atoms with Crippen molar-refractivity contribution in [3.63, 3.8) is 0 Å². The molecule has 0 aromatic rings. The maximum absolute atomic E-state index is 10.6. The molecule has 1 atom stereocenters. The van der Waals surface area contributed by atoms with Gasteiger partial charge in [-0.25, -0.2) is 0 Å². The van der Waals surface area contributed by atoms with Crippen molar-refractivity contribution in [1.82, 2.24) is 5.32 Å². The van der Waals surface area contributed by atoms with E-state index >= 15 is 0 Å². The van der Waals surface area contributed by atoms with Crippen LogP contribution in [0.1, 0.15) is 6.92 Å². The van der Waals surface area contributed by atoms with Gasteiger partial charge in [0.15, 0.2) is 0 Å². The molecule has 0 saturated carbocycles. The Labute approximate surface area is 59.9 Å². The molecule has 0 amide bonds. The molecule has 0 saturated heterocycles. The SMILES string of the molecule is CC(=O)C(CO)NCCO. The molecule has 4 nitrogen and oxygen atoms in total. The summed E-state index contributed by atoms with van der Waals surface area (Å²) in [6, 6.07) is -0.521. The summed E-state index contributed by atoms with van der Waals surface area (Å²) in [5, 5.41) is 19.6. The van der Waals surface area contributed by atoms with E-state index in [1.54, 1.807) is 0 Å². The van der Waals surface area contributed by atoms with Gasteiger partial charge < -0.3 is 15.5 Å². The highest BCUT2D eigenvalue weighted by molar-refractivity contribution is 5.81. The monoisotopic (exact) mass is 147 g/mol. The molecular weight excluding hydrogens is 134 g/mol. The van der Waals surface area contributed by atoms with Gasteiger partial charge in [-0.15, -0.1) is 0 Å². The summed E-state index contributed by atoms with van der Waals surface area (Å²) in [5.74, 6) is -0.115. The lowest BCUT2D eigenvalue weighted by atomic mass is 10.2. The van der Waals surface area contributed by atoms with Gasteiger partial charge in [0.05, 0.1) is 19.3 Å². The number of Topliss-reactive ketones (excluding diaryl/α,β-unsaturated/α-hetero) is 1. The Morgan fingerprint density at radius 2 is 2.20 bits per heavy atom. The largest absolute Gasteiger partial charge is 0.395 e. The molecule has 0 aliphatic carbocycles. The molecule has 60 valence electrons. The van der Waals surface area contributed by atoms with E-state index in [2.05, 4.69) is 5.32 Å². The number of aliphatic hydroxyl groups is 2. The second kappa shape index (κ2) is 5.34. The molecule has 0 aliphatic rings. The Bertz CT molecular complexity index is 105. The minimum absolute atomic E-state index is 0.0240. The van der Waals surface area contributed by atoms with Crippen molar-refractivity contribution < 1.29 is 15.0 Å². The zero-order valence-corrected chi connectivity index (χ0v) is 6.00. The summed E-state index contributed by atoms with van der Waals surface area (Å²) in [7, 11) is 0. The van der Waals surface area contributed by atoms with Crippen LogP contribution >= 0.6 is 0 Å². The summed E-state index contributed by atoms with van der Waals surface area (Å²) in [6.07, 6.45) is 0. The maximum Gasteiger partial charge on any atom is 0.149 e. The third-order valence-electron chi connectivity index (χ3n) is 1.18. The van der Waals surface area contributed by atoms with Crippen LogP contribution in [0.2, 0.25) is 0 Å². The lowest BCUT2D eigenvalue weighted by Crippen LogP contribution is -2.39. The molecule has 0 aromatic carbocycles. The zero-order chi connectivity index (χ0) is 7.98. The normalized spacial score (nSPS) is 13.1. The van der Waals surface area contributed by atoms with E-state index in [1.807, 2.05) is 0 Å². The van der Waals surface area contributed by atoms with Gasteiger partial charge in [-0.3, -0.25) is 4.79 Å². The van der Waals surface area contributed by atoms with Crippen molar-refractivity contribution in [2.45, 2.75) is 13.0 Å². The van der Waals surface area contributed by atoms with Crippen LogP contribution in [0.3, 0.4) is 0 Å². The average molecular weight is 147 g/mol. The van der Waals surface area contributed by atoms with Crippen LogP contribution in [0.4, 0.5) is 0 Å². The fourth-order valence-corrected chi connectivity index (χ4v) is 0.576. The Morgan fingerprint density at radius 3 is 2.50 bits per heavy atom. The molecule has 0 radical (unpaired) electrons. The fraction of sp³-hybridized carbons (Fsp3) is 0.833. The molecule has 0 spiro atoms. The number of aliphatic hydroxyl groups excluding tert-OH is 2. The first-order valence-corrected chi connectivity index (χ1v) is 3.18. The number of hydrogen-bond donors (Lipinski definition) is 3. The van der Waals surface area contributed by atoms with Gasteiger partial charge >= 0.3 is 0 Å². The Balaban J connectivity index is 3.50. The fourth-order valence-electron chi connectivity index (χ4n) is 0.576. The molecule has 0 heterocycles. The quantitative estimate of drug-likeness (QED) is 0.443. The maximum atomic E-state index is 10.6. The molecule has 0 aromatic heterocycles. The summed E-state index contributed by atoms with van der Waals surface area (Å²) < 4.78 is 0. The highest BCUT2D eigenvalue weighted by atomic mass is 16.3. The molecule has 0 rings (SSSR count). The van der Waals surface area contributed by atoms with Crippen molar-refractivity contribution >= 4 is 5.78 Å². The molecule has 10 heavy (non-hydrogen) atoms. The third-order valence-corrected chi connectivity index (χ3v) is 1.18. The Morgan fingerprint density at radius 1 is 1.60 bits per heavy atom. The number of rotatable bonds is 5. The lowest BCUT2D eigenvalue weighted by Gasteiger charge is -2.10. The first-order valence-electron chi connectivity index (χ1n) is 3.18. The van der Waals surface area contributed by atoms with Gasteiger partial charge in [-0.1, -0.05) is 0 Å². The van der Waals surface area contributed by atoms with E-state index in [1.165, 1.54) is 6.92 Å². The number of carbonyl (C=O) groups excluding carboxylic acids is 1. The number of carbonyl (C=O) groups is 1. The van der Waals surface area contributed by atoms with E-state index < -0.39 is 6.04 Å². The van der Waals surface area contributed by atoms with E-state index in [-0.39, 0.29) is 19.0 Å². The number of hydrogen-bond acceptors (Lipinski definition) is 4. The van der Waals surface area contributed by atoms with Crippen LogP contribution < -0.4 is 5.32 Å². The summed E-state index contributed by atoms with van der Waals surface area (Å²) in [5.41, 5.74) is 0. The third kappa shape index (κ3) is 3.55. The average Bonchev–Trinajstić information content (AvgIpc) is 1.89. The lowest BCUT2D eigenvalue weighted by molar-refractivity contribution is -0.119. The van der Waals surface area contributed by atoms with Crippen molar-refractivity contribution in [3.8, 4) is 0 Å². The minimum atomic E-state index is -0.521. The van der Waals surface area contributed by atoms with Gasteiger partial charge in [0.1, 0.15) is 5.78 Å². The zero-order valence-electron chi connectivity index (χ0n) is 6.00. The minimum Gasteiger partial charge on any atom is -0.395 e. The van der Waals surface area contributed by atoms with Gasteiger partial charge in [0, 0.05) is 6.54 Å². The summed E-state index contributed by atoms with van der Waals surface area (Å²) in [6.45, 7) is 1.50. The Kier molecular flexibility index (Phi) is 5.10. The molecule has 0 aliphatic heterocycles. The van der Waals surface area contributed by atoms with Gasteiger partial charge in [0.25, 0.3) is 0 Å². The first kappa shape index (κ1) is 9.55. The standard InChI is InChI=1S/C6H13NO3/c1-5(10)6(4-9)7-2-3-8/h6-9H,2-4H2,1H3. The molecule has 3 N–H and O–H groups in total. The predicted molar refractivity (Wildman–Crippen MR) is 36.6 cm³/mol. The second-order valence-corrected chi connectivity index (χ2v) is 2.02. The van der Waals surface area contributed by atoms with Crippen molar-refractivity contribution in [2.24, 2.45) is 0 Å². The molecule has 4 heteroatoms. The van der Waals surface area contributed by atoms with Gasteiger partial charge in [-0.2, -0.15) is 0 Å². The van der Waals surface area contributed by atoms with Gasteiger partial charge in [0.2, 0.25) is 0 Å². The number of nitrogens with one attached hydrogen (secondary N) is 1. The second-order valence-electron chi connectivity index (χ2n) is 2.02. The molecule has 0 bridgehead atoms. The van der Waals surface area contributed by atoms with Crippen LogP contribution in [0, 0.1) is 0 Å². The van der Waals surface area contributed by atoms with Crippen LogP contribution in [0.25, 0.3) is 0 Å². The van der Waals surface area contributed by atoms with Crippen molar-refractivity contribution in [2.75, 3.05) is 19.8 Å². The highest BCUT2D eigenvalue weighted by Gasteiger charge is 2.09. The van der Waals surface area contributed by atoms with E-state index in [4.69, 9.17) is 10.2 Å². The van der Waals surface area contributed by atoms with Crippen molar-refractivity contribution in [3.05, 3.63) is 0 Å². The van der Waals surface area contributed by atoms with Crippen LogP contribution in [0.5, 0.6) is 0 Å². The van der Waals surface area contributed by atoms with Crippen LogP contribution in [0.15, 0.2) is 0 Å². The molecule has 1 unspecified atom stereocenters. The van der Waals surface area contributed by atoms with Crippen LogP contribution in [-0.4, -0.2) is 41.8 Å². The van der Waals surface area contributed by atoms with E-state index in [0.717, 1.165) is 0 Å². The van der Waals surface area contributed by atoms with Crippen molar-refractivity contribution in [1.29, 1.82) is 0 Å². The first-order chi connectivity index (χ1) is 4.72. The topological polar surface area (TPSA) is 69.6 Å². The highest BCUT2D eigenvalue weighted by Crippen LogP contribution is 1.82. The van der Waals surface area contributed by atoms with E-state index in [0.29, 0.717) is 6.54 Å². The molecule has 0 fully saturated rings.